The molecule has 25 heavy (non-hydrogen) atoms. The Hall–Kier alpha value is -2.85. The minimum absolute atomic E-state index is 0.575. The molecule has 2 heterocycles. The Morgan fingerprint density at radius 3 is 2.68 bits per heavy atom. The van der Waals surface area contributed by atoms with E-state index in [0.717, 1.165) is 43.4 Å². The second kappa shape index (κ2) is 7.81. The van der Waals surface area contributed by atoms with E-state index in [-0.39, 0.29) is 0 Å². The maximum absolute atomic E-state index is 8.85. The lowest BCUT2D eigenvalue weighted by Crippen LogP contribution is -2.50. The van der Waals surface area contributed by atoms with Crippen LogP contribution >= 0.6 is 12.2 Å². The van der Waals surface area contributed by atoms with Crippen molar-refractivity contribution in [3.63, 3.8) is 0 Å². The zero-order valence-corrected chi connectivity index (χ0v) is 14.8. The van der Waals surface area contributed by atoms with Crippen LogP contribution in [0.2, 0.25) is 0 Å². The van der Waals surface area contributed by atoms with Crippen LogP contribution in [0.3, 0.4) is 0 Å². The highest BCUT2D eigenvalue weighted by Gasteiger charge is 2.20. The minimum atomic E-state index is 0.575. The molecular formula is C18H19N5OS. The van der Waals surface area contributed by atoms with Gasteiger partial charge in [-0.25, -0.2) is 4.98 Å². The Labute approximate surface area is 152 Å². The van der Waals surface area contributed by atoms with Crippen LogP contribution in [0.5, 0.6) is 5.75 Å². The summed E-state index contributed by atoms with van der Waals surface area (Å²) in [6.07, 6.45) is 1.61. The number of hydrogen-bond acceptors (Lipinski definition) is 5. The van der Waals surface area contributed by atoms with E-state index in [4.69, 9.17) is 22.2 Å². The lowest BCUT2D eigenvalue weighted by molar-refractivity contribution is 0.389. The fourth-order valence-corrected chi connectivity index (χ4v) is 2.98. The molecule has 1 fully saturated rings. The number of piperazine rings is 1. The van der Waals surface area contributed by atoms with E-state index in [1.807, 2.05) is 30.3 Å². The Bertz CT molecular complexity index is 779. The van der Waals surface area contributed by atoms with Gasteiger partial charge in [0.05, 0.1) is 12.7 Å². The number of rotatable bonds is 3. The largest absolute Gasteiger partial charge is 0.497 e. The van der Waals surface area contributed by atoms with E-state index in [2.05, 4.69) is 26.2 Å². The number of methoxy groups -OCH3 is 1. The normalized spacial score (nSPS) is 13.9. The van der Waals surface area contributed by atoms with Gasteiger partial charge in [0.1, 0.15) is 17.6 Å². The topological polar surface area (TPSA) is 64.4 Å². The molecule has 3 rings (SSSR count). The van der Waals surface area contributed by atoms with Crippen molar-refractivity contribution in [1.82, 2.24) is 9.88 Å². The SMILES string of the molecule is COc1cccc(NC(=S)N2CCN(c3ccc(C#N)cn3)CC2)c1. The Morgan fingerprint density at radius 1 is 1.24 bits per heavy atom. The smallest absolute Gasteiger partial charge is 0.173 e. The van der Waals surface area contributed by atoms with Gasteiger partial charge in [0.2, 0.25) is 0 Å². The molecule has 0 aliphatic carbocycles. The predicted octanol–water partition coefficient (Wildman–Crippen LogP) is 2.48. The summed E-state index contributed by atoms with van der Waals surface area (Å²) in [7, 11) is 1.65. The summed E-state index contributed by atoms with van der Waals surface area (Å²) >= 11 is 5.53. The van der Waals surface area contributed by atoms with Crippen molar-refractivity contribution >= 4 is 28.8 Å². The first-order chi connectivity index (χ1) is 12.2. The molecule has 0 atom stereocenters. The van der Waals surface area contributed by atoms with Gasteiger partial charge in [-0.05, 0) is 36.5 Å². The van der Waals surface area contributed by atoms with Gasteiger partial charge in [-0.3, -0.25) is 0 Å². The number of thiocarbonyl (C=S) groups is 1. The van der Waals surface area contributed by atoms with Crippen molar-refractivity contribution in [2.75, 3.05) is 43.5 Å². The number of nitriles is 1. The molecule has 0 amide bonds. The summed E-state index contributed by atoms with van der Waals surface area (Å²) in [6.45, 7) is 3.30. The van der Waals surface area contributed by atoms with Crippen molar-refractivity contribution in [2.24, 2.45) is 0 Å². The molecule has 2 aromatic rings. The third-order valence-electron chi connectivity index (χ3n) is 4.09. The predicted molar refractivity (Wildman–Crippen MR) is 102 cm³/mol. The molecule has 7 heteroatoms. The summed E-state index contributed by atoms with van der Waals surface area (Å²) in [6, 6.07) is 13.5. The van der Waals surface area contributed by atoms with Crippen molar-refractivity contribution in [3.8, 4) is 11.8 Å². The molecule has 1 N–H and O–H groups in total. The standard InChI is InChI=1S/C18H19N5OS/c1-24-16-4-2-3-15(11-16)21-18(25)23-9-7-22(8-10-23)17-6-5-14(12-19)13-20-17/h2-6,11,13H,7-10H2,1H3,(H,21,25). The lowest BCUT2D eigenvalue weighted by atomic mass is 10.2. The van der Waals surface area contributed by atoms with Crippen LogP contribution < -0.4 is 15.0 Å². The Balaban J connectivity index is 1.56. The average molecular weight is 353 g/mol. The number of nitrogens with zero attached hydrogens (tertiary/aromatic N) is 4. The van der Waals surface area contributed by atoms with Crippen molar-refractivity contribution in [1.29, 1.82) is 5.26 Å². The molecule has 128 valence electrons. The van der Waals surface area contributed by atoms with E-state index >= 15 is 0 Å². The van der Waals surface area contributed by atoms with E-state index in [9.17, 15) is 0 Å². The van der Waals surface area contributed by atoms with Crippen LogP contribution in [-0.4, -0.2) is 48.3 Å². The fourth-order valence-electron chi connectivity index (χ4n) is 2.68. The van der Waals surface area contributed by atoms with Crippen LogP contribution in [0.15, 0.2) is 42.6 Å². The molecule has 0 radical (unpaired) electrons. The number of nitrogens with one attached hydrogen (secondary N) is 1. The van der Waals surface area contributed by atoms with Crippen molar-refractivity contribution in [2.45, 2.75) is 0 Å². The first kappa shape index (κ1) is 17.0. The molecule has 0 saturated carbocycles. The molecule has 0 bridgehead atoms. The number of hydrogen-bond donors (Lipinski definition) is 1. The number of aromatic nitrogens is 1. The zero-order chi connectivity index (χ0) is 17.6. The highest BCUT2D eigenvalue weighted by molar-refractivity contribution is 7.80. The van der Waals surface area contributed by atoms with Gasteiger partial charge in [-0.1, -0.05) is 6.07 Å². The average Bonchev–Trinajstić information content (AvgIpc) is 2.68. The van der Waals surface area contributed by atoms with Gasteiger partial charge in [-0.2, -0.15) is 5.26 Å². The first-order valence-corrected chi connectivity index (χ1v) is 8.41. The molecule has 1 aliphatic heterocycles. The lowest BCUT2D eigenvalue weighted by Gasteiger charge is -2.36. The minimum Gasteiger partial charge on any atom is -0.497 e. The summed E-state index contributed by atoms with van der Waals surface area (Å²) in [4.78, 5) is 8.70. The van der Waals surface area contributed by atoms with E-state index in [0.29, 0.717) is 10.7 Å². The number of ether oxygens (including phenoxy) is 1. The fraction of sp³-hybridized carbons (Fsp3) is 0.278. The van der Waals surface area contributed by atoms with Gasteiger partial charge in [0.15, 0.2) is 5.11 Å². The third-order valence-corrected chi connectivity index (χ3v) is 4.45. The molecular weight excluding hydrogens is 334 g/mol. The molecule has 6 nitrogen and oxygen atoms in total. The highest BCUT2D eigenvalue weighted by atomic mass is 32.1. The first-order valence-electron chi connectivity index (χ1n) is 8.00. The quantitative estimate of drug-likeness (QED) is 0.851. The van der Waals surface area contributed by atoms with Crippen LogP contribution in [0.1, 0.15) is 5.56 Å². The molecule has 1 aromatic heterocycles. The van der Waals surface area contributed by atoms with Crippen molar-refractivity contribution < 1.29 is 4.74 Å². The summed E-state index contributed by atoms with van der Waals surface area (Å²) in [5.41, 5.74) is 1.49. The van der Waals surface area contributed by atoms with Crippen molar-refractivity contribution in [3.05, 3.63) is 48.2 Å². The summed E-state index contributed by atoms with van der Waals surface area (Å²) in [5.74, 6) is 1.69. The summed E-state index contributed by atoms with van der Waals surface area (Å²) in [5, 5.41) is 12.8. The van der Waals surface area contributed by atoms with Crippen LogP contribution in [-0.2, 0) is 0 Å². The van der Waals surface area contributed by atoms with E-state index < -0.39 is 0 Å². The third kappa shape index (κ3) is 4.17. The Kier molecular flexibility index (Phi) is 5.31. The number of benzene rings is 1. The molecule has 0 spiro atoms. The van der Waals surface area contributed by atoms with Gasteiger partial charge in [-0.15, -0.1) is 0 Å². The maximum atomic E-state index is 8.85. The second-order valence-electron chi connectivity index (χ2n) is 5.65. The molecule has 0 unspecified atom stereocenters. The molecule has 1 aliphatic rings. The second-order valence-corrected chi connectivity index (χ2v) is 6.04. The van der Waals surface area contributed by atoms with Gasteiger partial charge in [0, 0.05) is 44.1 Å². The number of pyridine rings is 1. The highest BCUT2D eigenvalue weighted by Crippen LogP contribution is 2.18. The van der Waals surface area contributed by atoms with Crippen LogP contribution in [0.25, 0.3) is 0 Å². The monoisotopic (exact) mass is 353 g/mol. The summed E-state index contributed by atoms with van der Waals surface area (Å²) < 4.78 is 5.23. The van der Waals surface area contributed by atoms with Crippen LogP contribution in [0, 0.1) is 11.3 Å². The zero-order valence-electron chi connectivity index (χ0n) is 14.0. The molecule has 1 saturated heterocycles. The Morgan fingerprint density at radius 2 is 2.04 bits per heavy atom. The maximum Gasteiger partial charge on any atom is 0.173 e. The van der Waals surface area contributed by atoms with Gasteiger partial charge >= 0.3 is 0 Å². The number of anilines is 2. The van der Waals surface area contributed by atoms with Crippen LogP contribution in [0.4, 0.5) is 11.5 Å². The van der Waals surface area contributed by atoms with Gasteiger partial charge in [0.25, 0.3) is 0 Å². The van der Waals surface area contributed by atoms with E-state index in [1.54, 1.807) is 19.4 Å². The van der Waals surface area contributed by atoms with E-state index in [1.165, 1.54) is 0 Å². The molecule has 1 aromatic carbocycles. The van der Waals surface area contributed by atoms with Gasteiger partial charge < -0.3 is 19.9 Å².